The Morgan fingerprint density at radius 1 is 1.44 bits per heavy atom. The van der Waals surface area contributed by atoms with Crippen LogP contribution >= 0.6 is 0 Å². The number of hydrogen-bond acceptors (Lipinski definition) is 4. The zero-order valence-electron chi connectivity index (χ0n) is 10.4. The molecule has 0 spiro atoms. The van der Waals surface area contributed by atoms with E-state index in [1.807, 2.05) is 19.0 Å². The van der Waals surface area contributed by atoms with Crippen LogP contribution in [-0.2, 0) is 9.53 Å². The summed E-state index contributed by atoms with van der Waals surface area (Å²) in [6, 6.07) is 0. The van der Waals surface area contributed by atoms with E-state index >= 15 is 0 Å². The molecule has 0 saturated carbocycles. The van der Waals surface area contributed by atoms with Crippen molar-refractivity contribution < 1.29 is 9.53 Å². The summed E-state index contributed by atoms with van der Waals surface area (Å²) in [6.45, 7) is 6.11. The molecule has 1 N–H and O–H groups in total. The molecule has 1 amide bonds. The second-order valence-electron chi connectivity index (χ2n) is 4.12. The summed E-state index contributed by atoms with van der Waals surface area (Å²) in [7, 11) is 3.74. The third-order valence-corrected chi connectivity index (χ3v) is 2.87. The molecule has 0 aromatic carbocycles. The molecule has 0 aromatic rings. The minimum absolute atomic E-state index is 0.211. The summed E-state index contributed by atoms with van der Waals surface area (Å²) in [5.74, 6) is 0.211. The van der Waals surface area contributed by atoms with E-state index in [9.17, 15) is 4.79 Å². The lowest BCUT2D eigenvalue weighted by Gasteiger charge is -2.28. The second kappa shape index (κ2) is 7.60. The molecule has 1 aliphatic rings. The Morgan fingerprint density at radius 3 is 2.75 bits per heavy atom. The lowest BCUT2D eigenvalue weighted by molar-refractivity contribution is -0.130. The van der Waals surface area contributed by atoms with Crippen LogP contribution in [0.3, 0.4) is 0 Å². The molecule has 0 unspecified atom stereocenters. The van der Waals surface area contributed by atoms with Crippen LogP contribution < -0.4 is 5.32 Å². The van der Waals surface area contributed by atoms with E-state index in [0.717, 1.165) is 45.9 Å². The zero-order chi connectivity index (χ0) is 11.8. The van der Waals surface area contributed by atoms with Crippen molar-refractivity contribution in [1.82, 2.24) is 15.1 Å². The Kier molecular flexibility index (Phi) is 6.37. The van der Waals surface area contributed by atoms with Gasteiger partial charge in [-0.05, 0) is 7.05 Å². The van der Waals surface area contributed by atoms with Crippen molar-refractivity contribution in [2.24, 2.45) is 0 Å². The van der Waals surface area contributed by atoms with Crippen LogP contribution in [0, 0.1) is 0 Å². The molecular formula is C11H23N3O2. The Hall–Kier alpha value is -0.650. The summed E-state index contributed by atoms with van der Waals surface area (Å²) in [5.41, 5.74) is 0. The van der Waals surface area contributed by atoms with E-state index in [0.29, 0.717) is 6.42 Å². The van der Waals surface area contributed by atoms with Crippen LogP contribution in [0.2, 0.25) is 0 Å². The first-order chi connectivity index (χ1) is 7.74. The van der Waals surface area contributed by atoms with Gasteiger partial charge in [-0.3, -0.25) is 9.69 Å². The Labute approximate surface area is 97.7 Å². The number of morpholine rings is 1. The molecule has 0 atom stereocenters. The monoisotopic (exact) mass is 229 g/mol. The summed E-state index contributed by atoms with van der Waals surface area (Å²) in [4.78, 5) is 15.8. The molecular weight excluding hydrogens is 206 g/mol. The summed E-state index contributed by atoms with van der Waals surface area (Å²) in [5, 5.41) is 2.98. The van der Waals surface area contributed by atoms with Gasteiger partial charge < -0.3 is 15.0 Å². The zero-order valence-corrected chi connectivity index (χ0v) is 10.4. The van der Waals surface area contributed by atoms with Crippen molar-refractivity contribution in [2.45, 2.75) is 6.42 Å². The maximum Gasteiger partial charge on any atom is 0.223 e. The average Bonchev–Trinajstić information content (AvgIpc) is 2.34. The highest BCUT2D eigenvalue weighted by Crippen LogP contribution is 1.97. The normalized spacial score (nSPS) is 17.4. The first kappa shape index (κ1) is 13.4. The van der Waals surface area contributed by atoms with Gasteiger partial charge in [0, 0.05) is 46.2 Å². The van der Waals surface area contributed by atoms with E-state index < -0.39 is 0 Å². The molecule has 5 heteroatoms. The predicted octanol–water partition coefficient (Wildman–Crippen LogP) is -0.613. The van der Waals surface area contributed by atoms with Crippen LogP contribution in [-0.4, -0.2) is 75.7 Å². The third-order valence-electron chi connectivity index (χ3n) is 2.87. The van der Waals surface area contributed by atoms with E-state index in [1.165, 1.54) is 0 Å². The number of carbonyl (C=O) groups excluding carboxylic acids is 1. The molecule has 1 saturated heterocycles. The Bertz CT molecular complexity index is 205. The van der Waals surface area contributed by atoms with Gasteiger partial charge >= 0.3 is 0 Å². The lowest BCUT2D eigenvalue weighted by Crippen LogP contribution is -2.42. The second-order valence-corrected chi connectivity index (χ2v) is 4.12. The number of ether oxygens (including phenoxy) is 1. The Morgan fingerprint density at radius 2 is 2.12 bits per heavy atom. The fraction of sp³-hybridized carbons (Fsp3) is 0.909. The first-order valence-electron chi connectivity index (χ1n) is 5.92. The van der Waals surface area contributed by atoms with Crippen molar-refractivity contribution in [3.8, 4) is 0 Å². The number of carbonyl (C=O) groups is 1. The van der Waals surface area contributed by atoms with E-state index in [2.05, 4.69) is 10.2 Å². The van der Waals surface area contributed by atoms with Gasteiger partial charge in [0.15, 0.2) is 0 Å². The van der Waals surface area contributed by atoms with Crippen molar-refractivity contribution in [3.63, 3.8) is 0 Å². The van der Waals surface area contributed by atoms with Crippen molar-refractivity contribution in [1.29, 1.82) is 0 Å². The third kappa shape index (κ3) is 4.92. The van der Waals surface area contributed by atoms with Crippen molar-refractivity contribution >= 4 is 5.91 Å². The number of likely N-dealkylation sites (N-methyl/N-ethyl adjacent to an activating group) is 1. The highest BCUT2D eigenvalue weighted by molar-refractivity contribution is 5.76. The van der Waals surface area contributed by atoms with E-state index in [-0.39, 0.29) is 5.91 Å². The SMILES string of the molecule is CNCCC(=O)N(C)CCN1CCOCC1. The molecule has 1 rings (SSSR count). The van der Waals surface area contributed by atoms with Crippen LogP contribution in [0.1, 0.15) is 6.42 Å². The molecule has 16 heavy (non-hydrogen) atoms. The molecule has 1 aliphatic heterocycles. The van der Waals surface area contributed by atoms with Gasteiger partial charge in [0.05, 0.1) is 13.2 Å². The Balaban J connectivity index is 2.12. The molecule has 0 bridgehead atoms. The summed E-state index contributed by atoms with van der Waals surface area (Å²) >= 11 is 0. The van der Waals surface area contributed by atoms with Gasteiger partial charge in [0.2, 0.25) is 5.91 Å². The fourth-order valence-corrected chi connectivity index (χ4v) is 1.66. The minimum atomic E-state index is 0.211. The number of rotatable bonds is 6. The highest BCUT2D eigenvalue weighted by Gasteiger charge is 2.12. The van der Waals surface area contributed by atoms with Gasteiger partial charge in [0.1, 0.15) is 0 Å². The number of nitrogens with zero attached hydrogens (tertiary/aromatic N) is 2. The smallest absolute Gasteiger partial charge is 0.223 e. The molecule has 94 valence electrons. The molecule has 1 heterocycles. The minimum Gasteiger partial charge on any atom is -0.379 e. The summed E-state index contributed by atoms with van der Waals surface area (Å²) < 4.78 is 5.28. The first-order valence-corrected chi connectivity index (χ1v) is 5.92. The molecule has 0 radical (unpaired) electrons. The lowest BCUT2D eigenvalue weighted by atomic mass is 10.3. The largest absolute Gasteiger partial charge is 0.379 e. The van der Waals surface area contributed by atoms with Crippen LogP contribution in [0.4, 0.5) is 0 Å². The topological polar surface area (TPSA) is 44.8 Å². The number of amides is 1. The molecule has 5 nitrogen and oxygen atoms in total. The highest BCUT2D eigenvalue weighted by atomic mass is 16.5. The maximum atomic E-state index is 11.6. The van der Waals surface area contributed by atoms with Crippen molar-refractivity contribution in [2.75, 3.05) is 60.0 Å². The van der Waals surface area contributed by atoms with E-state index in [4.69, 9.17) is 4.74 Å². The molecule has 0 aliphatic carbocycles. The quantitative estimate of drug-likeness (QED) is 0.660. The van der Waals surface area contributed by atoms with Crippen LogP contribution in [0.5, 0.6) is 0 Å². The maximum absolute atomic E-state index is 11.6. The van der Waals surface area contributed by atoms with E-state index in [1.54, 1.807) is 0 Å². The van der Waals surface area contributed by atoms with Gasteiger partial charge in [-0.2, -0.15) is 0 Å². The summed E-state index contributed by atoms with van der Waals surface area (Å²) in [6.07, 6.45) is 0.579. The standard InChI is InChI=1S/C11H23N3O2/c1-12-4-3-11(15)13(2)5-6-14-7-9-16-10-8-14/h12H,3-10H2,1-2H3. The van der Waals surface area contributed by atoms with Gasteiger partial charge in [-0.25, -0.2) is 0 Å². The van der Waals surface area contributed by atoms with Gasteiger partial charge in [-0.15, -0.1) is 0 Å². The number of nitrogens with one attached hydrogen (secondary N) is 1. The predicted molar refractivity (Wildman–Crippen MR) is 63.4 cm³/mol. The van der Waals surface area contributed by atoms with Gasteiger partial charge in [-0.1, -0.05) is 0 Å². The van der Waals surface area contributed by atoms with Gasteiger partial charge in [0.25, 0.3) is 0 Å². The number of hydrogen-bond donors (Lipinski definition) is 1. The molecule has 1 fully saturated rings. The van der Waals surface area contributed by atoms with Crippen molar-refractivity contribution in [3.05, 3.63) is 0 Å². The van der Waals surface area contributed by atoms with Crippen LogP contribution in [0.25, 0.3) is 0 Å². The van der Waals surface area contributed by atoms with Crippen LogP contribution in [0.15, 0.2) is 0 Å². The average molecular weight is 229 g/mol. The molecule has 0 aromatic heterocycles. The fourth-order valence-electron chi connectivity index (χ4n) is 1.66.